The monoisotopic (exact) mass is 394 g/mol. The predicted octanol–water partition coefficient (Wildman–Crippen LogP) is 3.04. The molecule has 6 nitrogen and oxygen atoms in total. The van der Waals surface area contributed by atoms with E-state index in [0.29, 0.717) is 6.54 Å². The number of benzene rings is 1. The second kappa shape index (κ2) is 10.8. The highest BCUT2D eigenvalue weighted by Gasteiger charge is 2.16. The fourth-order valence-electron chi connectivity index (χ4n) is 3.55. The van der Waals surface area contributed by atoms with E-state index in [-0.39, 0.29) is 6.04 Å². The van der Waals surface area contributed by atoms with E-state index in [9.17, 15) is 0 Å². The summed E-state index contributed by atoms with van der Waals surface area (Å²) in [5.74, 6) is 1.89. The van der Waals surface area contributed by atoms with Crippen molar-refractivity contribution in [3.8, 4) is 0 Å². The van der Waals surface area contributed by atoms with Gasteiger partial charge in [0.2, 0.25) is 0 Å². The van der Waals surface area contributed by atoms with Crippen molar-refractivity contribution in [3.05, 3.63) is 59.8 Å². The number of guanidine groups is 1. The number of hydrogen-bond acceptors (Lipinski definition) is 4. The average molecular weight is 395 g/mol. The normalized spacial score (nSPS) is 16.5. The maximum Gasteiger partial charge on any atom is 0.192 e. The van der Waals surface area contributed by atoms with E-state index in [1.165, 1.54) is 11.1 Å². The van der Waals surface area contributed by atoms with E-state index in [2.05, 4.69) is 82.6 Å². The molecule has 1 aromatic carbocycles. The molecule has 29 heavy (non-hydrogen) atoms. The van der Waals surface area contributed by atoms with E-state index in [1.807, 2.05) is 12.3 Å². The number of nitrogens with one attached hydrogen (secondary N) is 2. The molecule has 1 atom stereocenters. The summed E-state index contributed by atoms with van der Waals surface area (Å²) in [7, 11) is 0. The van der Waals surface area contributed by atoms with Gasteiger partial charge in [-0.3, -0.25) is 0 Å². The third-order valence-electron chi connectivity index (χ3n) is 5.37. The molecular formula is C23H34N6. The smallest absolute Gasteiger partial charge is 0.192 e. The number of rotatable bonds is 7. The van der Waals surface area contributed by atoms with Crippen LogP contribution in [0, 0.1) is 0 Å². The molecule has 0 aliphatic carbocycles. The van der Waals surface area contributed by atoms with Gasteiger partial charge in [-0.1, -0.05) is 37.3 Å². The summed E-state index contributed by atoms with van der Waals surface area (Å²) < 4.78 is 0. The van der Waals surface area contributed by atoms with Gasteiger partial charge in [-0.2, -0.15) is 0 Å². The van der Waals surface area contributed by atoms with Crippen LogP contribution in [-0.4, -0.2) is 55.1 Å². The summed E-state index contributed by atoms with van der Waals surface area (Å²) in [6.45, 7) is 13.3. The highest BCUT2D eigenvalue weighted by atomic mass is 15.3. The van der Waals surface area contributed by atoms with Crippen LogP contribution < -0.4 is 15.5 Å². The van der Waals surface area contributed by atoms with E-state index >= 15 is 0 Å². The third kappa shape index (κ3) is 6.19. The first kappa shape index (κ1) is 21.1. The van der Waals surface area contributed by atoms with Gasteiger partial charge in [-0.05, 0) is 43.7 Å². The van der Waals surface area contributed by atoms with E-state index in [4.69, 9.17) is 4.99 Å². The zero-order chi connectivity index (χ0) is 20.5. The molecule has 156 valence electrons. The Balaban J connectivity index is 1.63. The molecule has 1 fully saturated rings. The molecule has 2 heterocycles. The van der Waals surface area contributed by atoms with Crippen molar-refractivity contribution >= 4 is 11.8 Å². The Labute approximate surface area is 175 Å². The standard InChI is InChI=1S/C23H34N6/c1-4-24-23(27-19(3)21-9-7-6-8-10-21)26-18-20-11-12-25-22(17-20)29-15-13-28(5-2)14-16-29/h6-12,17,19H,4-5,13-16,18H2,1-3H3,(H2,24,26,27). The quantitative estimate of drug-likeness (QED) is 0.558. The maximum absolute atomic E-state index is 4.80. The van der Waals surface area contributed by atoms with Crippen LogP contribution in [0.25, 0.3) is 0 Å². The molecule has 0 amide bonds. The molecule has 1 aliphatic heterocycles. The van der Waals surface area contributed by atoms with Gasteiger partial charge in [0.15, 0.2) is 5.96 Å². The van der Waals surface area contributed by atoms with Gasteiger partial charge in [0.1, 0.15) is 5.82 Å². The van der Waals surface area contributed by atoms with Crippen LogP contribution in [0.15, 0.2) is 53.7 Å². The van der Waals surface area contributed by atoms with E-state index in [1.54, 1.807) is 0 Å². The van der Waals surface area contributed by atoms with E-state index < -0.39 is 0 Å². The van der Waals surface area contributed by atoms with Crippen molar-refractivity contribution in [3.63, 3.8) is 0 Å². The van der Waals surface area contributed by atoms with Gasteiger partial charge < -0.3 is 20.4 Å². The predicted molar refractivity (Wildman–Crippen MR) is 121 cm³/mol. The Morgan fingerprint density at radius 1 is 1.10 bits per heavy atom. The molecule has 0 radical (unpaired) electrons. The number of piperazine rings is 1. The molecule has 1 saturated heterocycles. The lowest BCUT2D eigenvalue weighted by atomic mass is 10.1. The van der Waals surface area contributed by atoms with Crippen LogP contribution in [0.3, 0.4) is 0 Å². The van der Waals surface area contributed by atoms with Crippen LogP contribution in [0.2, 0.25) is 0 Å². The zero-order valence-electron chi connectivity index (χ0n) is 17.9. The Bertz CT molecular complexity index is 768. The summed E-state index contributed by atoms with van der Waals surface area (Å²) in [6.07, 6.45) is 1.90. The minimum absolute atomic E-state index is 0.192. The molecule has 2 aromatic rings. The third-order valence-corrected chi connectivity index (χ3v) is 5.37. The lowest BCUT2D eigenvalue weighted by molar-refractivity contribution is 0.270. The highest BCUT2D eigenvalue weighted by molar-refractivity contribution is 5.80. The zero-order valence-corrected chi connectivity index (χ0v) is 17.9. The Hall–Kier alpha value is -2.60. The van der Waals surface area contributed by atoms with Crippen molar-refractivity contribution in [1.82, 2.24) is 20.5 Å². The lowest BCUT2D eigenvalue weighted by Gasteiger charge is -2.34. The topological polar surface area (TPSA) is 55.8 Å². The second-order valence-electron chi connectivity index (χ2n) is 7.42. The molecule has 3 rings (SSSR count). The Morgan fingerprint density at radius 3 is 2.55 bits per heavy atom. The Kier molecular flexibility index (Phi) is 7.87. The maximum atomic E-state index is 4.80. The van der Waals surface area contributed by atoms with Gasteiger partial charge in [0.25, 0.3) is 0 Å². The van der Waals surface area contributed by atoms with Crippen LogP contribution in [0.4, 0.5) is 5.82 Å². The van der Waals surface area contributed by atoms with Crippen molar-refractivity contribution in [1.29, 1.82) is 0 Å². The molecule has 6 heteroatoms. The lowest BCUT2D eigenvalue weighted by Crippen LogP contribution is -2.46. The first-order valence-corrected chi connectivity index (χ1v) is 10.7. The van der Waals surface area contributed by atoms with Crippen LogP contribution in [-0.2, 0) is 6.54 Å². The number of pyridine rings is 1. The largest absolute Gasteiger partial charge is 0.357 e. The van der Waals surface area contributed by atoms with Gasteiger partial charge in [0.05, 0.1) is 12.6 Å². The molecule has 2 N–H and O–H groups in total. The fraction of sp³-hybridized carbons (Fsp3) is 0.478. The molecule has 0 spiro atoms. The summed E-state index contributed by atoms with van der Waals surface area (Å²) >= 11 is 0. The van der Waals surface area contributed by atoms with Gasteiger partial charge >= 0.3 is 0 Å². The highest BCUT2D eigenvalue weighted by Crippen LogP contribution is 2.16. The van der Waals surface area contributed by atoms with E-state index in [0.717, 1.165) is 51.0 Å². The minimum atomic E-state index is 0.192. The molecule has 0 bridgehead atoms. The van der Waals surface area contributed by atoms with Gasteiger partial charge in [0, 0.05) is 38.9 Å². The van der Waals surface area contributed by atoms with Crippen molar-refractivity contribution in [2.24, 2.45) is 4.99 Å². The van der Waals surface area contributed by atoms with Gasteiger partial charge in [-0.15, -0.1) is 0 Å². The number of nitrogens with zero attached hydrogens (tertiary/aromatic N) is 4. The van der Waals surface area contributed by atoms with Crippen molar-refractivity contribution in [2.75, 3.05) is 44.2 Å². The van der Waals surface area contributed by atoms with Crippen LogP contribution in [0.5, 0.6) is 0 Å². The molecule has 1 unspecified atom stereocenters. The minimum Gasteiger partial charge on any atom is -0.357 e. The molecule has 0 saturated carbocycles. The summed E-state index contributed by atoms with van der Waals surface area (Å²) in [5, 5.41) is 6.85. The van der Waals surface area contributed by atoms with Gasteiger partial charge in [-0.25, -0.2) is 9.98 Å². The molecular weight excluding hydrogens is 360 g/mol. The number of hydrogen-bond donors (Lipinski definition) is 2. The fourth-order valence-corrected chi connectivity index (χ4v) is 3.55. The Morgan fingerprint density at radius 2 is 1.86 bits per heavy atom. The second-order valence-corrected chi connectivity index (χ2v) is 7.42. The first-order valence-electron chi connectivity index (χ1n) is 10.7. The number of aromatic nitrogens is 1. The summed E-state index contributed by atoms with van der Waals surface area (Å²) in [4.78, 5) is 14.2. The summed E-state index contributed by atoms with van der Waals surface area (Å²) in [5.41, 5.74) is 2.42. The molecule has 1 aromatic heterocycles. The number of anilines is 1. The molecule has 1 aliphatic rings. The van der Waals surface area contributed by atoms with Crippen molar-refractivity contribution < 1.29 is 0 Å². The van der Waals surface area contributed by atoms with Crippen molar-refractivity contribution in [2.45, 2.75) is 33.4 Å². The number of likely N-dealkylation sites (N-methyl/N-ethyl adjacent to an activating group) is 1. The van der Waals surface area contributed by atoms with Crippen LogP contribution >= 0.6 is 0 Å². The summed E-state index contributed by atoms with van der Waals surface area (Å²) in [6, 6.07) is 14.9. The number of aliphatic imine (C=N–C) groups is 1. The van der Waals surface area contributed by atoms with Crippen LogP contribution in [0.1, 0.15) is 37.9 Å². The average Bonchev–Trinajstić information content (AvgIpc) is 2.78. The first-order chi connectivity index (χ1) is 14.2. The SMILES string of the molecule is CCNC(=NCc1ccnc(N2CCN(CC)CC2)c1)NC(C)c1ccccc1.